The fourth-order valence-electron chi connectivity index (χ4n) is 3.89. The number of aryl methyl sites for hydroxylation is 1. The van der Waals surface area contributed by atoms with Crippen LogP contribution in [0.4, 0.5) is 0 Å². The number of fused-ring (bicyclic) bond motifs is 4. The van der Waals surface area contributed by atoms with Gasteiger partial charge in [0, 0.05) is 21.7 Å². The van der Waals surface area contributed by atoms with E-state index in [0.29, 0.717) is 0 Å². The Morgan fingerprint density at radius 1 is 0.821 bits per heavy atom. The fraction of sp³-hybridized carbons (Fsp3) is 0.167. The van der Waals surface area contributed by atoms with Crippen molar-refractivity contribution < 1.29 is 4.42 Å². The Bertz CT molecular complexity index is 1360. The predicted octanol–water partition coefficient (Wildman–Crippen LogP) is 6.05. The molecular formula is C24H22N2OSi. The Morgan fingerprint density at radius 2 is 1.64 bits per heavy atom. The van der Waals surface area contributed by atoms with Gasteiger partial charge in [0.2, 0.25) is 0 Å². The maximum Gasteiger partial charge on any atom is 0.144 e. The van der Waals surface area contributed by atoms with Crippen LogP contribution in [0.25, 0.3) is 44.1 Å². The Balaban J connectivity index is 1.84. The molecule has 4 heteroatoms. The van der Waals surface area contributed by atoms with Gasteiger partial charge < -0.3 is 4.42 Å². The van der Waals surface area contributed by atoms with Crippen molar-refractivity contribution in [2.24, 2.45) is 0 Å². The van der Waals surface area contributed by atoms with Crippen LogP contribution in [-0.4, -0.2) is 18.0 Å². The van der Waals surface area contributed by atoms with Gasteiger partial charge in [0.15, 0.2) is 0 Å². The highest BCUT2D eigenvalue weighted by atomic mass is 28.3. The number of hydrogen-bond acceptors (Lipinski definition) is 3. The SMILES string of the molecule is Cc1cc(-c2ncnc3cc([Si](C)(C)C)ccc23)c2oc3ccccc3c2c1. The van der Waals surface area contributed by atoms with Gasteiger partial charge in [-0.1, -0.05) is 55.2 Å². The lowest BCUT2D eigenvalue weighted by Gasteiger charge is -2.17. The molecule has 0 saturated heterocycles. The van der Waals surface area contributed by atoms with E-state index in [-0.39, 0.29) is 0 Å². The summed E-state index contributed by atoms with van der Waals surface area (Å²) in [6.45, 7) is 9.19. The first-order chi connectivity index (χ1) is 13.4. The molecule has 0 aliphatic heterocycles. The number of rotatable bonds is 2. The maximum atomic E-state index is 6.27. The van der Waals surface area contributed by atoms with Gasteiger partial charge in [-0.25, -0.2) is 9.97 Å². The molecule has 0 aliphatic rings. The molecule has 5 aromatic rings. The van der Waals surface area contributed by atoms with Crippen molar-refractivity contribution in [3.63, 3.8) is 0 Å². The van der Waals surface area contributed by atoms with E-state index in [4.69, 9.17) is 4.42 Å². The van der Waals surface area contributed by atoms with Gasteiger partial charge in [0.25, 0.3) is 0 Å². The molecule has 0 N–H and O–H groups in total. The molecule has 0 spiro atoms. The van der Waals surface area contributed by atoms with Crippen molar-refractivity contribution in [3.8, 4) is 11.3 Å². The van der Waals surface area contributed by atoms with Gasteiger partial charge in [0.05, 0.1) is 19.3 Å². The van der Waals surface area contributed by atoms with Crippen molar-refractivity contribution in [1.29, 1.82) is 0 Å². The first-order valence-corrected chi connectivity index (χ1v) is 13.1. The zero-order chi connectivity index (χ0) is 19.5. The van der Waals surface area contributed by atoms with E-state index in [1.807, 2.05) is 12.1 Å². The van der Waals surface area contributed by atoms with Gasteiger partial charge >= 0.3 is 0 Å². The highest BCUT2D eigenvalue weighted by Crippen LogP contribution is 2.37. The van der Waals surface area contributed by atoms with Crippen LogP contribution in [0.5, 0.6) is 0 Å². The smallest absolute Gasteiger partial charge is 0.144 e. The molecular weight excluding hydrogens is 360 g/mol. The summed E-state index contributed by atoms with van der Waals surface area (Å²) in [5, 5.41) is 4.75. The van der Waals surface area contributed by atoms with E-state index in [2.05, 4.69) is 79.0 Å². The zero-order valence-corrected chi connectivity index (χ0v) is 17.6. The maximum absolute atomic E-state index is 6.27. The summed E-state index contributed by atoms with van der Waals surface area (Å²) in [4.78, 5) is 9.24. The second-order valence-electron chi connectivity index (χ2n) is 8.49. The second kappa shape index (κ2) is 6.01. The summed E-state index contributed by atoms with van der Waals surface area (Å²) < 4.78 is 6.27. The van der Waals surface area contributed by atoms with Gasteiger partial charge in [-0.15, -0.1) is 0 Å². The molecule has 0 unspecified atom stereocenters. The molecule has 3 nitrogen and oxygen atoms in total. The molecule has 0 saturated carbocycles. The van der Waals surface area contributed by atoms with E-state index in [1.165, 1.54) is 10.8 Å². The first-order valence-electron chi connectivity index (χ1n) is 9.59. The quantitative estimate of drug-likeness (QED) is 0.349. The minimum atomic E-state index is -1.40. The lowest BCUT2D eigenvalue weighted by atomic mass is 10.0. The van der Waals surface area contributed by atoms with Gasteiger partial charge in [0.1, 0.15) is 17.5 Å². The topological polar surface area (TPSA) is 38.9 Å². The van der Waals surface area contributed by atoms with Crippen molar-refractivity contribution in [1.82, 2.24) is 9.97 Å². The number of furan rings is 1. The summed E-state index contributed by atoms with van der Waals surface area (Å²) in [5.41, 5.74) is 5.94. The molecule has 2 aromatic heterocycles. The highest BCUT2D eigenvalue weighted by molar-refractivity contribution is 6.88. The Kier molecular flexibility index (Phi) is 3.68. The number of para-hydroxylation sites is 1. The van der Waals surface area contributed by atoms with Crippen LogP contribution >= 0.6 is 0 Å². The van der Waals surface area contributed by atoms with Crippen LogP contribution in [0.2, 0.25) is 19.6 Å². The summed E-state index contributed by atoms with van der Waals surface area (Å²) in [7, 11) is -1.40. The van der Waals surface area contributed by atoms with Crippen LogP contribution < -0.4 is 5.19 Å². The molecule has 0 bridgehead atoms. The normalized spacial score (nSPS) is 12.3. The van der Waals surface area contributed by atoms with Gasteiger partial charge in [-0.2, -0.15) is 0 Å². The molecule has 3 aromatic carbocycles. The highest BCUT2D eigenvalue weighted by Gasteiger charge is 2.19. The van der Waals surface area contributed by atoms with E-state index in [0.717, 1.165) is 44.1 Å². The van der Waals surface area contributed by atoms with E-state index in [1.54, 1.807) is 6.33 Å². The summed E-state index contributed by atoms with van der Waals surface area (Å²) >= 11 is 0. The molecule has 5 rings (SSSR count). The molecule has 0 amide bonds. The third-order valence-corrected chi connectivity index (χ3v) is 7.42. The summed E-state index contributed by atoms with van der Waals surface area (Å²) in [6.07, 6.45) is 1.67. The lowest BCUT2D eigenvalue weighted by Crippen LogP contribution is -2.37. The lowest BCUT2D eigenvalue weighted by molar-refractivity contribution is 0.670. The van der Waals surface area contributed by atoms with Gasteiger partial charge in [-0.05, 0) is 36.8 Å². The van der Waals surface area contributed by atoms with Crippen molar-refractivity contribution in [3.05, 3.63) is 66.5 Å². The van der Waals surface area contributed by atoms with E-state index in [9.17, 15) is 0 Å². The monoisotopic (exact) mass is 382 g/mol. The Hall–Kier alpha value is -2.98. The minimum absolute atomic E-state index is 0.890. The number of hydrogen-bond donors (Lipinski definition) is 0. The predicted molar refractivity (Wildman–Crippen MR) is 120 cm³/mol. The second-order valence-corrected chi connectivity index (χ2v) is 13.6. The Morgan fingerprint density at radius 3 is 2.46 bits per heavy atom. The van der Waals surface area contributed by atoms with E-state index < -0.39 is 8.07 Å². The third kappa shape index (κ3) is 2.64. The molecule has 138 valence electrons. The standard InChI is InChI=1S/C24H22N2OSi/c1-15-11-19-17-7-5-6-8-22(17)27-24(19)20(12-15)23-18-10-9-16(28(2,3)4)13-21(18)25-14-26-23/h5-14H,1-4H3. The number of aromatic nitrogens is 2. The molecule has 0 aliphatic carbocycles. The Labute approximate surface area is 165 Å². The average Bonchev–Trinajstić information content (AvgIpc) is 3.04. The van der Waals surface area contributed by atoms with Crippen LogP contribution in [0, 0.1) is 6.92 Å². The first kappa shape index (κ1) is 17.1. The fourth-order valence-corrected chi connectivity index (χ4v) is 5.04. The molecule has 0 fully saturated rings. The largest absolute Gasteiger partial charge is 0.455 e. The van der Waals surface area contributed by atoms with E-state index >= 15 is 0 Å². The minimum Gasteiger partial charge on any atom is -0.455 e. The third-order valence-electron chi connectivity index (χ3n) is 5.38. The van der Waals surface area contributed by atoms with Crippen LogP contribution in [0.15, 0.2) is 65.3 Å². The molecule has 2 heterocycles. The van der Waals surface area contributed by atoms with Crippen LogP contribution in [0.3, 0.4) is 0 Å². The molecule has 0 radical (unpaired) electrons. The number of benzene rings is 3. The summed E-state index contributed by atoms with van der Waals surface area (Å²) in [6, 6.07) is 19.2. The molecule has 28 heavy (non-hydrogen) atoms. The van der Waals surface area contributed by atoms with Gasteiger partial charge in [-0.3, -0.25) is 0 Å². The van der Waals surface area contributed by atoms with Crippen LogP contribution in [0.1, 0.15) is 5.56 Å². The number of nitrogens with zero attached hydrogens (tertiary/aromatic N) is 2. The van der Waals surface area contributed by atoms with Crippen molar-refractivity contribution in [2.45, 2.75) is 26.6 Å². The average molecular weight is 383 g/mol. The van der Waals surface area contributed by atoms with Crippen molar-refractivity contribution >= 4 is 46.1 Å². The molecule has 0 atom stereocenters. The zero-order valence-electron chi connectivity index (χ0n) is 16.6. The van der Waals surface area contributed by atoms with Crippen LogP contribution in [-0.2, 0) is 0 Å². The summed E-state index contributed by atoms with van der Waals surface area (Å²) in [5.74, 6) is 0. The van der Waals surface area contributed by atoms with Crippen molar-refractivity contribution in [2.75, 3.05) is 0 Å².